The Hall–Kier alpha value is -3.01. The fraction of sp³-hybridized carbons (Fsp3) is 0.485. The van der Waals surface area contributed by atoms with Crippen LogP contribution in [0, 0.1) is 0 Å². The van der Waals surface area contributed by atoms with Gasteiger partial charge < -0.3 is 14.2 Å². The maximum atomic E-state index is 13.4. The zero-order chi connectivity index (χ0) is 26.1. The van der Waals surface area contributed by atoms with E-state index < -0.39 is 5.97 Å². The zero-order valence-corrected chi connectivity index (χ0v) is 22.8. The maximum Gasteiger partial charge on any atom is 0.347 e. The number of para-hydroxylation sites is 1. The first-order valence-corrected chi connectivity index (χ1v) is 14.3. The molecule has 37 heavy (non-hydrogen) atoms. The van der Waals surface area contributed by atoms with Crippen molar-refractivity contribution in [1.29, 1.82) is 0 Å². The van der Waals surface area contributed by atoms with Gasteiger partial charge in [0.05, 0.1) is 13.2 Å². The predicted octanol–water partition coefficient (Wildman–Crippen LogP) is 9.54. The molecule has 0 unspecified atom stereocenters. The molecule has 0 aliphatic rings. The highest BCUT2D eigenvalue weighted by Crippen LogP contribution is 2.38. The van der Waals surface area contributed by atoms with E-state index in [0.29, 0.717) is 36.0 Å². The molecule has 0 fully saturated rings. The Balaban J connectivity index is 1.78. The van der Waals surface area contributed by atoms with Gasteiger partial charge in [0.15, 0.2) is 0 Å². The molecule has 0 aliphatic heterocycles. The number of ether oxygens (including phenoxy) is 3. The van der Waals surface area contributed by atoms with Crippen molar-refractivity contribution in [1.82, 2.24) is 0 Å². The SMILES string of the molecule is CCCCCCCCOc1cc(C(=O)Oc2ccccc2)c(OCCCCCCCC)c2ccccc12. The Kier molecular flexibility index (Phi) is 12.9. The summed E-state index contributed by atoms with van der Waals surface area (Å²) in [4.78, 5) is 13.4. The molecule has 3 rings (SSSR count). The van der Waals surface area contributed by atoms with Gasteiger partial charge in [-0.3, -0.25) is 0 Å². The van der Waals surface area contributed by atoms with E-state index in [9.17, 15) is 4.79 Å². The molecule has 0 radical (unpaired) electrons. The molecule has 0 amide bonds. The van der Waals surface area contributed by atoms with Crippen LogP contribution in [0.2, 0.25) is 0 Å². The van der Waals surface area contributed by atoms with Crippen molar-refractivity contribution in [2.75, 3.05) is 13.2 Å². The predicted molar refractivity (Wildman–Crippen MR) is 153 cm³/mol. The van der Waals surface area contributed by atoms with E-state index in [-0.39, 0.29) is 0 Å². The lowest BCUT2D eigenvalue weighted by Gasteiger charge is -2.17. The Bertz CT molecular complexity index is 1060. The van der Waals surface area contributed by atoms with Crippen molar-refractivity contribution in [3.63, 3.8) is 0 Å². The first kappa shape index (κ1) is 28.6. The van der Waals surface area contributed by atoms with Crippen LogP contribution < -0.4 is 14.2 Å². The third kappa shape index (κ3) is 9.42. The minimum absolute atomic E-state index is 0.409. The maximum absolute atomic E-state index is 13.4. The summed E-state index contributed by atoms with van der Waals surface area (Å²) in [5, 5.41) is 1.84. The van der Waals surface area contributed by atoms with Gasteiger partial charge in [-0.25, -0.2) is 4.79 Å². The summed E-state index contributed by atoms with van der Waals surface area (Å²) >= 11 is 0. The molecule has 3 aromatic rings. The first-order chi connectivity index (χ1) is 18.2. The van der Waals surface area contributed by atoms with Gasteiger partial charge in [-0.2, -0.15) is 0 Å². The molecule has 0 atom stereocenters. The number of carbonyl (C=O) groups excluding carboxylic acids is 1. The number of hydrogen-bond donors (Lipinski definition) is 0. The van der Waals surface area contributed by atoms with Gasteiger partial charge in [-0.1, -0.05) is 121 Å². The molecule has 4 heteroatoms. The number of fused-ring (bicyclic) bond motifs is 1. The van der Waals surface area contributed by atoms with Crippen LogP contribution >= 0.6 is 0 Å². The van der Waals surface area contributed by atoms with Crippen LogP contribution in [0.1, 0.15) is 101 Å². The number of hydrogen-bond acceptors (Lipinski definition) is 4. The highest BCUT2D eigenvalue weighted by Gasteiger charge is 2.21. The Labute approximate surface area is 223 Å². The quantitative estimate of drug-likeness (QED) is 0.0982. The van der Waals surface area contributed by atoms with Crippen LogP contribution in [0.4, 0.5) is 0 Å². The van der Waals surface area contributed by atoms with Crippen LogP contribution in [-0.2, 0) is 0 Å². The average Bonchev–Trinajstić information content (AvgIpc) is 2.93. The molecule has 0 heterocycles. The molecule has 4 nitrogen and oxygen atoms in total. The lowest BCUT2D eigenvalue weighted by atomic mass is 10.0. The summed E-state index contributed by atoms with van der Waals surface area (Å²) in [5.41, 5.74) is 0.409. The molecular weight excluding hydrogens is 460 g/mol. The number of unbranched alkanes of at least 4 members (excludes halogenated alkanes) is 10. The van der Waals surface area contributed by atoms with Crippen molar-refractivity contribution >= 4 is 16.7 Å². The van der Waals surface area contributed by atoms with Crippen LogP contribution in [0.25, 0.3) is 10.8 Å². The number of esters is 1. The van der Waals surface area contributed by atoms with Gasteiger partial charge in [0, 0.05) is 10.8 Å². The zero-order valence-electron chi connectivity index (χ0n) is 22.8. The minimum atomic E-state index is -0.431. The summed E-state index contributed by atoms with van der Waals surface area (Å²) in [6, 6.07) is 19.0. The molecule has 3 aromatic carbocycles. The third-order valence-electron chi connectivity index (χ3n) is 6.63. The summed E-state index contributed by atoms with van der Waals surface area (Å²) in [7, 11) is 0. The van der Waals surface area contributed by atoms with E-state index >= 15 is 0 Å². The lowest BCUT2D eigenvalue weighted by molar-refractivity contribution is 0.0730. The lowest BCUT2D eigenvalue weighted by Crippen LogP contribution is -2.13. The van der Waals surface area contributed by atoms with Gasteiger partial charge >= 0.3 is 5.97 Å². The Morgan fingerprint density at radius 2 is 1.16 bits per heavy atom. The van der Waals surface area contributed by atoms with Crippen molar-refractivity contribution < 1.29 is 19.0 Å². The van der Waals surface area contributed by atoms with E-state index in [1.54, 1.807) is 18.2 Å². The summed E-state index contributed by atoms with van der Waals surface area (Å²) in [6.45, 7) is 5.65. The van der Waals surface area contributed by atoms with Crippen LogP contribution in [0.3, 0.4) is 0 Å². The van der Waals surface area contributed by atoms with Gasteiger partial charge in [0.2, 0.25) is 0 Å². The van der Waals surface area contributed by atoms with Crippen molar-refractivity contribution in [2.24, 2.45) is 0 Å². The second-order valence-electron chi connectivity index (χ2n) is 9.73. The summed E-state index contributed by atoms with van der Waals surface area (Å²) < 4.78 is 18.3. The van der Waals surface area contributed by atoms with Gasteiger partial charge in [0.1, 0.15) is 22.8 Å². The van der Waals surface area contributed by atoms with Crippen molar-refractivity contribution in [2.45, 2.75) is 90.9 Å². The number of rotatable bonds is 18. The molecule has 200 valence electrons. The Morgan fingerprint density at radius 1 is 0.622 bits per heavy atom. The Morgan fingerprint density at radius 3 is 1.81 bits per heavy atom. The first-order valence-electron chi connectivity index (χ1n) is 14.3. The van der Waals surface area contributed by atoms with E-state index in [1.165, 1.54) is 51.4 Å². The van der Waals surface area contributed by atoms with Gasteiger partial charge in [-0.15, -0.1) is 0 Å². The number of benzene rings is 3. The molecule has 0 aromatic heterocycles. The van der Waals surface area contributed by atoms with Crippen molar-refractivity contribution in [3.8, 4) is 17.2 Å². The molecule has 0 bridgehead atoms. The van der Waals surface area contributed by atoms with Gasteiger partial charge in [-0.05, 0) is 31.0 Å². The largest absolute Gasteiger partial charge is 0.493 e. The molecule has 0 saturated heterocycles. The minimum Gasteiger partial charge on any atom is -0.493 e. The van der Waals surface area contributed by atoms with E-state index in [0.717, 1.165) is 36.5 Å². The highest BCUT2D eigenvalue weighted by atomic mass is 16.5. The smallest absolute Gasteiger partial charge is 0.347 e. The summed E-state index contributed by atoms with van der Waals surface area (Å²) in [5.74, 6) is 1.37. The molecule has 0 aliphatic carbocycles. The third-order valence-corrected chi connectivity index (χ3v) is 6.63. The number of carbonyl (C=O) groups is 1. The molecule has 0 saturated carbocycles. The van der Waals surface area contributed by atoms with E-state index in [1.807, 2.05) is 42.5 Å². The highest BCUT2D eigenvalue weighted by molar-refractivity contribution is 6.04. The summed E-state index contributed by atoms with van der Waals surface area (Å²) in [6.07, 6.45) is 14.3. The molecule has 0 spiro atoms. The molecule has 0 N–H and O–H groups in total. The van der Waals surface area contributed by atoms with E-state index in [2.05, 4.69) is 13.8 Å². The van der Waals surface area contributed by atoms with Crippen LogP contribution in [0.5, 0.6) is 17.2 Å². The second kappa shape index (κ2) is 16.7. The van der Waals surface area contributed by atoms with Crippen LogP contribution in [-0.4, -0.2) is 19.2 Å². The van der Waals surface area contributed by atoms with E-state index in [4.69, 9.17) is 14.2 Å². The normalized spacial score (nSPS) is 11.0. The fourth-order valence-electron chi connectivity index (χ4n) is 4.51. The average molecular weight is 505 g/mol. The second-order valence-corrected chi connectivity index (χ2v) is 9.73. The van der Waals surface area contributed by atoms with Crippen molar-refractivity contribution in [3.05, 3.63) is 66.2 Å². The van der Waals surface area contributed by atoms with Gasteiger partial charge in [0.25, 0.3) is 0 Å². The topological polar surface area (TPSA) is 44.8 Å². The standard InChI is InChI=1S/C33H44O4/c1-3-5-7-9-11-18-24-35-31-26-30(33(34)37-27-20-14-13-15-21-27)32(29-23-17-16-22-28(29)31)36-25-19-12-10-8-6-4-2/h13-17,20-23,26H,3-12,18-19,24-25H2,1-2H3. The monoisotopic (exact) mass is 504 g/mol. The fourth-order valence-corrected chi connectivity index (χ4v) is 4.51. The molecular formula is C33H44O4. The van der Waals surface area contributed by atoms with Crippen LogP contribution in [0.15, 0.2) is 60.7 Å².